The summed E-state index contributed by atoms with van der Waals surface area (Å²) in [6.45, 7) is 4.58. The number of rotatable bonds is 7. The van der Waals surface area contributed by atoms with Crippen LogP contribution in [-0.4, -0.2) is 24.3 Å². The fourth-order valence-electron chi connectivity index (χ4n) is 2.24. The number of aryl methyl sites for hydroxylation is 1. The van der Waals surface area contributed by atoms with Crippen molar-refractivity contribution in [3.63, 3.8) is 0 Å². The molecule has 5 nitrogen and oxygen atoms in total. The smallest absolute Gasteiger partial charge is 0.346 e. The van der Waals surface area contributed by atoms with Gasteiger partial charge in [-0.3, -0.25) is 0 Å². The molecule has 0 heterocycles. The molecule has 0 atom stereocenters. The van der Waals surface area contributed by atoms with Gasteiger partial charge < -0.3 is 14.6 Å². The zero-order chi connectivity index (χ0) is 19.1. The summed E-state index contributed by atoms with van der Waals surface area (Å²) in [6, 6.07) is 12.3. The first-order chi connectivity index (χ1) is 12.4. The van der Waals surface area contributed by atoms with Crippen molar-refractivity contribution in [2.45, 2.75) is 13.8 Å². The number of carboxylic acid groups (broad SMARTS) is 1. The minimum atomic E-state index is -1.31. The van der Waals surface area contributed by atoms with E-state index in [-0.39, 0.29) is 6.61 Å². The number of hydrogen-bond donors (Lipinski definition) is 1. The van der Waals surface area contributed by atoms with Crippen molar-refractivity contribution in [2.75, 3.05) is 13.2 Å². The Morgan fingerprint density at radius 3 is 2.54 bits per heavy atom. The second-order valence-electron chi connectivity index (χ2n) is 5.55. The Labute approximate surface area is 157 Å². The monoisotopic (exact) mass is 371 g/mol. The average molecular weight is 372 g/mol. The lowest BCUT2D eigenvalue weighted by Crippen LogP contribution is -2.10. The third kappa shape index (κ3) is 5.01. The summed E-state index contributed by atoms with van der Waals surface area (Å²) in [5, 5.41) is 18.3. The van der Waals surface area contributed by atoms with Gasteiger partial charge in [-0.05, 0) is 55.3 Å². The third-order valence-electron chi connectivity index (χ3n) is 3.78. The largest absolute Gasteiger partial charge is 0.490 e. The number of ether oxygens (including phenoxy) is 2. The van der Waals surface area contributed by atoms with Crippen LogP contribution in [0.1, 0.15) is 16.7 Å². The molecule has 2 aromatic carbocycles. The highest BCUT2D eigenvalue weighted by atomic mass is 35.5. The third-order valence-corrected chi connectivity index (χ3v) is 4.01. The minimum Gasteiger partial charge on any atom is -0.490 e. The van der Waals surface area contributed by atoms with Gasteiger partial charge >= 0.3 is 5.97 Å². The highest BCUT2D eigenvalue weighted by Gasteiger charge is 2.10. The molecule has 0 aliphatic carbocycles. The van der Waals surface area contributed by atoms with Crippen molar-refractivity contribution in [3.8, 4) is 17.6 Å². The molecule has 0 aromatic heterocycles. The van der Waals surface area contributed by atoms with Crippen LogP contribution in [0, 0.1) is 25.2 Å². The molecule has 0 fully saturated rings. The Morgan fingerprint density at radius 2 is 1.88 bits per heavy atom. The van der Waals surface area contributed by atoms with E-state index in [9.17, 15) is 4.79 Å². The molecule has 0 amide bonds. The average Bonchev–Trinajstić information content (AvgIpc) is 2.61. The minimum absolute atomic E-state index is 0.255. The van der Waals surface area contributed by atoms with Gasteiger partial charge in [-0.25, -0.2) is 4.79 Å². The fourth-order valence-corrected chi connectivity index (χ4v) is 2.43. The van der Waals surface area contributed by atoms with Gasteiger partial charge in [0.15, 0.2) is 0 Å². The van der Waals surface area contributed by atoms with Gasteiger partial charge in [0.2, 0.25) is 0 Å². The van der Waals surface area contributed by atoms with E-state index < -0.39 is 11.5 Å². The first kappa shape index (κ1) is 19.4. The maximum atomic E-state index is 11.0. The van der Waals surface area contributed by atoms with Crippen LogP contribution in [0.3, 0.4) is 0 Å². The van der Waals surface area contributed by atoms with Crippen LogP contribution in [0.5, 0.6) is 11.5 Å². The van der Waals surface area contributed by atoms with Crippen LogP contribution in [-0.2, 0) is 4.79 Å². The van der Waals surface area contributed by atoms with Crippen molar-refractivity contribution in [2.24, 2.45) is 0 Å². The molecular formula is C20H18ClNO4. The number of nitriles is 1. The summed E-state index contributed by atoms with van der Waals surface area (Å²) >= 11 is 5.96. The zero-order valence-electron chi connectivity index (χ0n) is 14.5. The first-order valence-corrected chi connectivity index (χ1v) is 8.26. The number of aliphatic carboxylic acids is 1. The molecule has 0 aliphatic heterocycles. The summed E-state index contributed by atoms with van der Waals surface area (Å²) in [6.07, 6.45) is 1.23. The van der Waals surface area contributed by atoms with E-state index in [0.29, 0.717) is 22.9 Å². The fraction of sp³-hybridized carbons (Fsp3) is 0.200. The van der Waals surface area contributed by atoms with Crippen LogP contribution in [0.15, 0.2) is 42.0 Å². The van der Waals surface area contributed by atoms with Crippen LogP contribution >= 0.6 is 11.6 Å². The lowest BCUT2D eigenvalue weighted by Gasteiger charge is -2.13. The van der Waals surface area contributed by atoms with Crippen molar-refractivity contribution >= 4 is 23.6 Å². The van der Waals surface area contributed by atoms with Crippen LogP contribution < -0.4 is 9.47 Å². The standard InChI is InChI=1S/C20H18ClNO4/c1-13-4-3-5-18(14(13)2)25-8-9-26-19-7-6-17(21)11-15(19)10-16(12-22)20(23)24/h3-7,10-11H,8-9H2,1-2H3,(H,23,24). The highest BCUT2D eigenvalue weighted by Crippen LogP contribution is 2.26. The number of nitrogens with zero attached hydrogens (tertiary/aromatic N) is 1. The summed E-state index contributed by atoms with van der Waals surface area (Å²) in [4.78, 5) is 11.0. The molecule has 0 unspecified atom stereocenters. The second kappa shape index (κ2) is 8.93. The Morgan fingerprint density at radius 1 is 1.19 bits per heavy atom. The van der Waals surface area contributed by atoms with Crippen molar-refractivity contribution < 1.29 is 19.4 Å². The lowest BCUT2D eigenvalue weighted by atomic mass is 10.1. The molecule has 2 aromatic rings. The van der Waals surface area contributed by atoms with Crippen LogP contribution in [0.25, 0.3) is 6.08 Å². The maximum absolute atomic E-state index is 11.0. The van der Waals surface area contributed by atoms with Crippen molar-refractivity contribution in [1.29, 1.82) is 5.26 Å². The number of benzene rings is 2. The van der Waals surface area contributed by atoms with E-state index in [1.54, 1.807) is 24.3 Å². The molecule has 26 heavy (non-hydrogen) atoms. The molecule has 0 saturated heterocycles. The van der Waals surface area contributed by atoms with Crippen LogP contribution in [0.4, 0.5) is 0 Å². The summed E-state index contributed by atoms with van der Waals surface area (Å²) in [5.74, 6) is -0.0906. The second-order valence-corrected chi connectivity index (χ2v) is 5.99. The van der Waals surface area contributed by atoms with E-state index in [1.807, 2.05) is 32.0 Å². The van der Waals surface area contributed by atoms with Gasteiger partial charge in [0.05, 0.1) is 0 Å². The highest BCUT2D eigenvalue weighted by molar-refractivity contribution is 6.30. The quantitative estimate of drug-likeness (QED) is 0.443. The Balaban J connectivity index is 2.07. The normalized spacial score (nSPS) is 10.9. The van der Waals surface area contributed by atoms with Crippen molar-refractivity contribution in [1.82, 2.24) is 0 Å². The molecule has 134 valence electrons. The summed E-state index contributed by atoms with van der Waals surface area (Å²) in [5.41, 5.74) is 2.24. The topological polar surface area (TPSA) is 79.5 Å². The zero-order valence-corrected chi connectivity index (χ0v) is 15.2. The van der Waals surface area contributed by atoms with E-state index in [4.69, 9.17) is 31.4 Å². The molecule has 0 aliphatic rings. The number of carbonyl (C=O) groups is 1. The Kier molecular flexibility index (Phi) is 6.65. The van der Waals surface area contributed by atoms with E-state index in [1.165, 1.54) is 6.08 Å². The number of carboxylic acids is 1. The van der Waals surface area contributed by atoms with Gasteiger partial charge in [-0.1, -0.05) is 23.7 Å². The Hall–Kier alpha value is -2.97. The Bertz CT molecular complexity index is 884. The van der Waals surface area contributed by atoms with Crippen molar-refractivity contribution in [3.05, 3.63) is 63.7 Å². The van der Waals surface area contributed by atoms with Gasteiger partial charge in [0, 0.05) is 10.6 Å². The molecular weight excluding hydrogens is 354 g/mol. The molecule has 0 radical (unpaired) electrons. The van der Waals surface area contributed by atoms with Gasteiger partial charge in [0.25, 0.3) is 0 Å². The molecule has 6 heteroatoms. The maximum Gasteiger partial charge on any atom is 0.346 e. The summed E-state index contributed by atoms with van der Waals surface area (Å²) in [7, 11) is 0. The SMILES string of the molecule is Cc1cccc(OCCOc2ccc(Cl)cc2C=C(C#N)C(=O)O)c1C. The lowest BCUT2D eigenvalue weighted by molar-refractivity contribution is -0.132. The molecule has 0 spiro atoms. The number of halogens is 1. The van der Waals surface area contributed by atoms with Gasteiger partial charge in [0.1, 0.15) is 36.4 Å². The predicted molar refractivity (Wildman–Crippen MR) is 99.6 cm³/mol. The molecule has 0 saturated carbocycles. The van der Waals surface area contributed by atoms with E-state index >= 15 is 0 Å². The molecule has 2 rings (SSSR count). The number of hydrogen-bond acceptors (Lipinski definition) is 4. The predicted octanol–water partition coefficient (Wildman–Crippen LogP) is 4.41. The van der Waals surface area contributed by atoms with E-state index in [2.05, 4.69) is 0 Å². The first-order valence-electron chi connectivity index (χ1n) is 7.89. The molecule has 1 N–H and O–H groups in total. The van der Waals surface area contributed by atoms with Crippen LogP contribution in [0.2, 0.25) is 5.02 Å². The van der Waals surface area contributed by atoms with Gasteiger partial charge in [-0.15, -0.1) is 0 Å². The van der Waals surface area contributed by atoms with Gasteiger partial charge in [-0.2, -0.15) is 5.26 Å². The summed E-state index contributed by atoms with van der Waals surface area (Å²) < 4.78 is 11.4. The van der Waals surface area contributed by atoms with E-state index in [0.717, 1.165) is 16.9 Å². The molecule has 0 bridgehead atoms.